The summed E-state index contributed by atoms with van der Waals surface area (Å²) in [7, 11) is 1.60. The molecule has 0 aromatic heterocycles. The summed E-state index contributed by atoms with van der Waals surface area (Å²) in [6, 6.07) is 15.0. The number of ether oxygens (including phenoxy) is 2. The van der Waals surface area contributed by atoms with Crippen molar-refractivity contribution in [2.45, 2.75) is 4.90 Å². The second-order valence-corrected chi connectivity index (χ2v) is 6.06. The molecule has 2 rings (SSSR count). The summed E-state index contributed by atoms with van der Waals surface area (Å²) in [6.45, 7) is 0.810. The molecule has 0 saturated heterocycles. The maximum absolute atomic E-state index is 12.1. The first-order chi connectivity index (χ1) is 11.2. The molecule has 0 aliphatic heterocycles. The van der Waals surface area contributed by atoms with E-state index in [-0.39, 0.29) is 5.91 Å². The van der Waals surface area contributed by atoms with E-state index < -0.39 is 0 Å². The number of para-hydroxylation sites is 1. The van der Waals surface area contributed by atoms with Gasteiger partial charge in [-0.05, 0) is 24.3 Å². The van der Waals surface area contributed by atoms with Gasteiger partial charge in [0.05, 0.1) is 23.1 Å². The van der Waals surface area contributed by atoms with Crippen molar-refractivity contribution in [1.29, 1.82) is 0 Å². The summed E-state index contributed by atoms with van der Waals surface area (Å²) in [6.07, 6.45) is 0. The number of carbonyl (C=O) groups is 1. The van der Waals surface area contributed by atoms with E-state index in [1.165, 1.54) is 11.8 Å². The molecule has 2 aromatic rings. The highest BCUT2D eigenvalue weighted by Crippen LogP contribution is 2.33. The quantitative estimate of drug-likeness (QED) is 0.574. The Labute approximate surface area is 145 Å². The summed E-state index contributed by atoms with van der Waals surface area (Å²) >= 11 is 7.62. The molecule has 0 aliphatic rings. The van der Waals surface area contributed by atoms with E-state index >= 15 is 0 Å². The Morgan fingerprint density at radius 3 is 2.65 bits per heavy atom. The van der Waals surface area contributed by atoms with Crippen molar-refractivity contribution in [3.05, 3.63) is 53.6 Å². The molecule has 0 unspecified atom stereocenters. The minimum Gasteiger partial charge on any atom is -0.487 e. The summed E-state index contributed by atoms with van der Waals surface area (Å²) in [4.78, 5) is 13.2. The molecule has 1 amide bonds. The van der Waals surface area contributed by atoms with Gasteiger partial charge in [-0.1, -0.05) is 35.9 Å². The lowest BCUT2D eigenvalue weighted by Gasteiger charge is -2.13. The van der Waals surface area contributed by atoms with Crippen molar-refractivity contribution < 1.29 is 14.3 Å². The first-order valence-corrected chi connectivity index (χ1v) is 8.45. The van der Waals surface area contributed by atoms with Crippen LogP contribution in [0.1, 0.15) is 0 Å². The number of methoxy groups -OCH3 is 1. The number of benzene rings is 2. The molecule has 0 fully saturated rings. The maximum Gasteiger partial charge on any atom is 0.234 e. The van der Waals surface area contributed by atoms with E-state index in [1.807, 2.05) is 30.3 Å². The van der Waals surface area contributed by atoms with E-state index in [4.69, 9.17) is 21.1 Å². The maximum atomic E-state index is 12.1. The molecule has 0 heterocycles. The molecule has 1 N–H and O–H groups in total. The fraction of sp³-hybridized carbons (Fsp3) is 0.235. The monoisotopic (exact) mass is 351 g/mol. The van der Waals surface area contributed by atoms with E-state index in [1.54, 1.807) is 25.3 Å². The van der Waals surface area contributed by atoms with Crippen LogP contribution < -0.4 is 10.1 Å². The van der Waals surface area contributed by atoms with Crippen molar-refractivity contribution >= 4 is 35.0 Å². The second-order valence-electron chi connectivity index (χ2n) is 4.61. The number of nitrogens with one attached hydrogen (secondary N) is 1. The summed E-state index contributed by atoms with van der Waals surface area (Å²) < 4.78 is 10.5. The molecule has 0 atom stereocenters. The van der Waals surface area contributed by atoms with Gasteiger partial charge in [-0.2, -0.15) is 0 Å². The number of thioether (sulfide) groups is 1. The van der Waals surface area contributed by atoms with Gasteiger partial charge in [-0.25, -0.2) is 0 Å². The molecular weight excluding hydrogens is 334 g/mol. The number of anilines is 1. The fourth-order valence-corrected chi connectivity index (χ4v) is 2.78. The molecule has 2 aromatic carbocycles. The molecule has 23 heavy (non-hydrogen) atoms. The second kappa shape index (κ2) is 9.45. The molecule has 6 heteroatoms. The largest absolute Gasteiger partial charge is 0.487 e. The zero-order chi connectivity index (χ0) is 16.5. The Kier molecular flexibility index (Phi) is 7.26. The van der Waals surface area contributed by atoms with Crippen LogP contribution in [0.3, 0.4) is 0 Å². The number of hydrogen-bond acceptors (Lipinski definition) is 4. The van der Waals surface area contributed by atoms with Gasteiger partial charge in [-0.3, -0.25) is 4.79 Å². The number of amides is 1. The van der Waals surface area contributed by atoms with Crippen molar-refractivity contribution in [2.24, 2.45) is 0 Å². The predicted octanol–water partition coefficient (Wildman–Crippen LogP) is 4.10. The van der Waals surface area contributed by atoms with Crippen LogP contribution in [0.15, 0.2) is 53.4 Å². The molecular formula is C17H18ClNO3S. The zero-order valence-corrected chi connectivity index (χ0v) is 14.3. The Hall–Kier alpha value is -1.69. The molecule has 0 bridgehead atoms. The van der Waals surface area contributed by atoms with Gasteiger partial charge in [0, 0.05) is 12.0 Å². The van der Waals surface area contributed by atoms with Crippen LogP contribution in [-0.4, -0.2) is 32.0 Å². The normalized spacial score (nSPS) is 10.3. The van der Waals surface area contributed by atoms with Gasteiger partial charge in [0.1, 0.15) is 6.61 Å². The third-order valence-corrected chi connectivity index (χ3v) is 4.20. The lowest BCUT2D eigenvalue weighted by molar-refractivity contribution is -0.113. The first kappa shape index (κ1) is 17.7. The zero-order valence-electron chi connectivity index (χ0n) is 12.8. The number of halogens is 1. The van der Waals surface area contributed by atoms with Crippen LogP contribution in [0.2, 0.25) is 5.02 Å². The third-order valence-electron chi connectivity index (χ3n) is 2.89. The highest BCUT2D eigenvalue weighted by molar-refractivity contribution is 8.00. The molecule has 4 nitrogen and oxygen atoms in total. The third kappa shape index (κ3) is 5.78. The van der Waals surface area contributed by atoms with Crippen LogP contribution in [0.5, 0.6) is 5.75 Å². The Bertz CT molecular complexity index is 637. The first-order valence-electron chi connectivity index (χ1n) is 7.08. The van der Waals surface area contributed by atoms with Gasteiger partial charge < -0.3 is 14.8 Å². The summed E-state index contributed by atoms with van der Waals surface area (Å²) in [5, 5.41) is 3.29. The van der Waals surface area contributed by atoms with Gasteiger partial charge in [0.2, 0.25) is 5.91 Å². The number of hydrogen-bond donors (Lipinski definition) is 1. The van der Waals surface area contributed by atoms with Crippen molar-refractivity contribution in [3.8, 4) is 5.75 Å². The van der Waals surface area contributed by atoms with Crippen LogP contribution in [0.4, 0.5) is 5.69 Å². The van der Waals surface area contributed by atoms with Crippen molar-refractivity contribution in [1.82, 2.24) is 0 Å². The summed E-state index contributed by atoms with van der Waals surface area (Å²) in [5.41, 5.74) is 0.562. The average molecular weight is 352 g/mol. The Morgan fingerprint density at radius 1 is 1.13 bits per heavy atom. The summed E-state index contributed by atoms with van der Waals surface area (Å²) in [5.74, 6) is 0.663. The SMILES string of the molecule is COCCOc1c(Cl)cccc1NC(=O)CSc1ccccc1. The molecule has 0 radical (unpaired) electrons. The average Bonchev–Trinajstić information content (AvgIpc) is 2.56. The minimum atomic E-state index is -0.113. The molecule has 0 spiro atoms. The van der Waals surface area contributed by atoms with Gasteiger partial charge in [0.25, 0.3) is 0 Å². The van der Waals surface area contributed by atoms with Crippen LogP contribution in [0, 0.1) is 0 Å². The smallest absolute Gasteiger partial charge is 0.234 e. The molecule has 0 saturated carbocycles. The fourth-order valence-electron chi connectivity index (χ4n) is 1.83. The van der Waals surface area contributed by atoms with Gasteiger partial charge in [-0.15, -0.1) is 11.8 Å². The Morgan fingerprint density at radius 2 is 1.91 bits per heavy atom. The van der Waals surface area contributed by atoms with E-state index in [2.05, 4.69) is 5.32 Å². The van der Waals surface area contributed by atoms with E-state index in [0.717, 1.165) is 4.90 Å². The van der Waals surface area contributed by atoms with Crippen molar-refractivity contribution in [3.63, 3.8) is 0 Å². The number of carbonyl (C=O) groups excluding carboxylic acids is 1. The standard InChI is InChI=1S/C17H18ClNO3S/c1-21-10-11-22-17-14(18)8-5-9-15(17)19-16(20)12-23-13-6-3-2-4-7-13/h2-9H,10-12H2,1H3,(H,19,20). The lowest BCUT2D eigenvalue weighted by Crippen LogP contribution is -2.15. The highest BCUT2D eigenvalue weighted by Gasteiger charge is 2.11. The Balaban J connectivity index is 1.95. The van der Waals surface area contributed by atoms with Gasteiger partial charge >= 0.3 is 0 Å². The predicted molar refractivity (Wildman–Crippen MR) is 94.6 cm³/mol. The number of rotatable bonds is 8. The van der Waals surface area contributed by atoms with Gasteiger partial charge in [0.15, 0.2) is 5.75 Å². The molecule has 122 valence electrons. The minimum absolute atomic E-state index is 0.113. The van der Waals surface area contributed by atoms with Crippen molar-refractivity contribution in [2.75, 3.05) is 31.4 Å². The van der Waals surface area contributed by atoms with Crippen LogP contribution >= 0.6 is 23.4 Å². The van der Waals surface area contributed by atoms with Crippen LogP contribution in [0.25, 0.3) is 0 Å². The van der Waals surface area contributed by atoms with E-state index in [9.17, 15) is 4.79 Å². The van der Waals surface area contributed by atoms with Crippen LogP contribution in [-0.2, 0) is 9.53 Å². The lowest BCUT2D eigenvalue weighted by atomic mass is 10.3. The van der Waals surface area contributed by atoms with E-state index in [0.29, 0.717) is 35.4 Å². The topological polar surface area (TPSA) is 47.6 Å². The highest BCUT2D eigenvalue weighted by atomic mass is 35.5. The molecule has 0 aliphatic carbocycles.